The summed E-state index contributed by atoms with van der Waals surface area (Å²) < 4.78 is 8.07. The summed E-state index contributed by atoms with van der Waals surface area (Å²) in [7, 11) is 0. The molecule has 0 atom stereocenters. The number of nitrogens with zero attached hydrogens (tertiary/aromatic N) is 4. The van der Waals surface area contributed by atoms with Gasteiger partial charge in [0.05, 0.1) is 16.3 Å². The molecule has 2 N–H and O–H groups in total. The molecule has 0 bridgehead atoms. The van der Waals surface area contributed by atoms with E-state index in [2.05, 4.69) is 57.5 Å². The average Bonchev–Trinajstić information content (AvgIpc) is 3.29. The van der Waals surface area contributed by atoms with E-state index in [0.717, 1.165) is 10.0 Å². The molecule has 152 valence electrons. The number of H-pyrrole nitrogens is 1. The number of aryl methyl sites for hydroxylation is 1. The van der Waals surface area contributed by atoms with E-state index in [1.165, 1.54) is 4.68 Å². The van der Waals surface area contributed by atoms with Crippen LogP contribution in [0.2, 0.25) is 5.02 Å². The maximum Gasteiger partial charge on any atom is 0.284 e. The zero-order valence-corrected chi connectivity index (χ0v) is 19.9. The molecule has 0 spiro atoms. The molecule has 0 saturated carbocycles. The monoisotopic (exact) mass is 568 g/mol. The van der Waals surface area contributed by atoms with E-state index >= 15 is 0 Å². The molecular formula is C18H11Br2ClN6O2S. The molecule has 3 heterocycles. The minimum atomic E-state index is -0.421. The van der Waals surface area contributed by atoms with Crippen molar-refractivity contribution in [2.45, 2.75) is 6.92 Å². The summed E-state index contributed by atoms with van der Waals surface area (Å²) in [5, 5.41) is 14.2. The van der Waals surface area contributed by atoms with Gasteiger partial charge in [-0.15, -0.1) is 5.10 Å². The second-order valence-electron chi connectivity index (χ2n) is 6.09. The molecule has 0 aliphatic carbocycles. The number of carbonyl (C=O) groups is 1. The van der Waals surface area contributed by atoms with Crippen LogP contribution >= 0.6 is 55.7 Å². The first kappa shape index (κ1) is 20.9. The van der Waals surface area contributed by atoms with Crippen LogP contribution in [-0.2, 0) is 0 Å². The van der Waals surface area contributed by atoms with Crippen LogP contribution in [0.1, 0.15) is 16.1 Å². The van der Waals surface area contributed by atoms with E-state index in [-0.39, 0.29) is 16.4 Å². The summed E-state index contributed by atoms with van der Waals surface area (Å²) in [6.07, 6.45) is 1.57. The largest absolute Gasteiger partial charge is 0.409 e. The van der Waals surface area contributed by atoms with Crippen molar-refractivity contribution >= 4 is 67.3 Å². The van der Waals surface area contributed by atoms with E-state index in [9.17, 15) is 4.79 Å². The molecule has 1 amide bonds. The third-order valence-electron chi connectivity index (χ3n) is 4.06. The molecule has 0 aliphatic heterocycles. The maximum atomic E-state index is 13.2. The lowest BCUT2D eigenvalue weighted by Crippen LogP contribution is -2.19. The number of aromatic amines is 1. The lowest BCUT2D eigenvalue weighted by Gasteiger charge is -2.13. The Kier molecular flexibility index (Phi) is 5.87. The quantitative estimate of drug-likeness (QED) is 0.305. The van der Waals surface area contributed by atoms with E-state index in [1.54, 1.807) is 30.5 Å². The normalized spacial score (nSPS) is 10.9. The van der Waals surface area contributed by atoms with E-state index in [0.29, 0.717) is 26.7 Å². The van der Waals surface area contributed by atoms with Gasteiger partial charge in [0.15, 0.2) is 5.82 Å². The summed E-state index contributed by atoms with van der Waals surface area (Å²) in [5.74, 6) is 0.165. The smallest absolute Gasteiger partial charge is 0.284 e. The maximum absolute atomic E-state index is 13.2. The molecule has 4 aromatic rings. The number of anilines is 1. The average molecular weight is 571 g/mol. The van der Waals surface area contributed by atoms with Crippen molar-refractivity contribution in [1.29, 1.82) is 0 Å². The molecule has 0 saturated heterocycles. The Balaban J connectivity index is 1.78. The highest BCUT2D eigenvalue weighted by molar-refractivity contribution is 9.10. The number of hydrogen-bond acceptors (Lipinski definition) is 6. The van der Waals surface area contributed by atoms with Gasteiger partial charge >= 0.3 is 0 Å². The minimum Gasteiger partial charge on any atom is -0.409 e. The predicted molar refractivity (Wildman–Crippen MR) is 122 cm³/mol. The van der Waals surface area contributed by atoms with Crippen molar-refractivity contribution in [3.63, 3.8) is 0 Å². The lowest BCUT2D eigenvalue weighted by molar-refractivity contribution is 0.101. The van der Waals surface area contributed by atoms with Crippen LogP contribution in [0.4, 0.5) is 5.69 Å². The number of aromatic nitrogens is 5. The number of rotatable bonds is 4. The first-order valence-corrected chi connectivity index (χ1v) is 10.7. The summed E-state index contributed by atoms with van der Waals surface area (Å²) in [6, 6.07) is 8.59. The molecule has 0 unspecified atom stereocenters. The zero-order valence-electron chi connectivity index (χ0n) is 15.1. The Labute approximate surface area is 196 Å². The molecule has 30 heavy (non-hydrogen) atoms. The first-order valence-electron chi connectivity index (χ1n) is 8.37. The fraction of sp³-hybridized carbons (Fsp3) is 0.0556. The Hall–Kier alpha value is -2.34. The van der Waals surface area contributed by atoms with Gasteiger partial charge in [-0.05, 0) is 64.9 Å². The number of carbonyl (C=O) groups excluding carboxylic acids is 1. The van der Waals surface area contributed by atoms with E-state index in [1.807, 2.05) is 13.0 Å². The van der Waals surface area contributed by atoms with Crippen molar-refractivity contribution in [1.82, 2.24) is 25.0 Å². The van der Waals surface area contributed by atoms with Gasteiger partial charge in [0, 0.05) is 16.7 Å². The molecule has 0 radical (unpaired) electrons. The van der Waals surface area contributed by atoms with E-state index < -0.39 is 5.91 Å². The molecule has 4 rings (SSSR count). The topological polar surface area (TPSA) is 102 Å². The molecular weight excluding hydrogens is 560 g/mol. The summed E-state index contributed by atoms with van der Waals surface area (Å²) in [5.41, 5.74) is 2.10. The minimum absolute atomic E-state index is 0.131. The van der Waals surface area contributed by atoms with E-state index in [4.69, 9.17) is 28.2 Å². The van der Waals surface area contributed by atoms with Crippen LogP contribution < -0.4 is 5.32 Å². The Morgan fingerprint density at radius 3 is 2.83 bits per heavy atom. The molecule has 0 fully saturated rings. The first-order chi connectivity index (χ1) is 14.3. The van der Waals surface area contributed by atoms with Crippen molar-refractivity contribution < 1.29 is 9.21 Å². The number of halogens is 3. The van der Waals surface area contributed by atoms with Crippen LogP contribution in [0.25, 0.3) is 17.3 Å². The van der Waals surface area contributed by atoms with Crippen molar-refractivity contribution in [3.8, 4) is 17.3 Å². The van der Waals surface area contributed by atoms with Gasteiger partial charge in [-0.25, -0.2) is 14.8 Å². The number of pyridine rings is 1. The van der Waals surface area contributed by atoms with Crippen LogP contribution in [0, 0.1) is 11.8 Å². The van der Waals surface area contributed by atoms with Crippen molar-refractivity contribution in [2.24, 2.45) is 0 Å². The van der Waals surface area contributed by atoms with Crippen molar-refractivity contribution in [2.75, 3.05) is 5.32 Å². The second kappa shape index (κ2) is 8.42. The zero-order chi connectivity index (χ0) is 21.4. The molecule has 3 aromatic heterocycles. The lowest BCUT2D eigenvalue weighted by atomic mass is 10.1. The van der Waals surface area contributed by atoms with Crippen LogP contribution in [0.15, 0.2) is 50.0 Å². The van der Waals surface area contributed by atoms with Gasteiger partial charge in [-0.2, -0.15) is 5.10 Å². The standard InChI is InChI=1S/C18H11Br2ClN6O2S/c1-8-5-9(19)6-10(17-24-25-18(30)29-17)14(8)23-16(28)12-7-13(20)26-27(12)15-11(21)3-2-4-22-15/h2-7H,1H3,(H,23,28)(H,25,30). The van der Waals surface area contributed by atoms with Gasteiger partial charge in [-0.3, -0.25) is 4.79 Å². The third-order valence-corrected chi connectivity index (χ3v) is 5.37. The Morgan fingerprint density at radius 2 is 2.13 bits per heavy atom. The molecule has 8 nitrogen and oxygen atoms in total. The van der Waals surface area contributed by atoms with Gasteiger partial charge in [0.1, 0.15) is 10.3 Å². The summed E-state index contributed by atoms with van der Waals surface area (Å²) in [4.78, 5) is 17.6. The van der Waals surface area contributed by atoms with Gasteiger partial charge < -0.3 is 9.73 Å². The summed E-state index contributed by atoms with van der Waals surface area (Å²) in [6.45, 7) is 1.86. The number of amides is 1. The second-order valence-corrected chi connectivity index (χ2v) is 8.60. The van der Waals surface area contributed by atoms with Gasteiger partial charge in [-0.1, -0.05) is 27.5 Å². The van der Waals surface area contributed by atoms with Crippen LogP contribution in [0.3, 0.4) is 0 Å². The molecule has 12 heteroatoms. The third kappa shape index (κ3) is 4.10. The van der Waals surface area contributed by atoms with Crippen LogP contribution in [-0.4, -0.2) is 30.9 Å². The highest BCUT2D eigenvalue weighted by Gasteiger charge is 2.22. The fourth-order valence-electron chi connectivity index (χ4n) is 2.81. The SMILES string of the molecule is Cc1cc(Br)cc(-c2n[nH]c(=S)o2)c1NC(=O)c1cc(Br)nn1-c1ncccc1Cl. The van der Waals surface area contributed by atoms with Crippen molar-refractivity contribution in [3.05, 3.63) is 66.7 Å². The number of hydrogen-bond donors (Lipinski definition) is 2. The predicted octanol–water partition coefficient (Wildman–Crippen LogP) is 5.72. The number of nitrogens with one attached hydrogen (secondary N) is 2. The highest BCUT2D eigenvalue weighted by atomic mass is 79.9. The van der Waals surface area contributed by atoms with Gasteiger partial charge in [0.2, 0.25) is 5.89 Å². The summed E-state index contributed by atoms with van der Waals surface area (Å²) >= 11 is 18.0. The number of benzene rings is 1. The Morgan fingerprint density at radius 1 is 1.33 bits per heavy atom. The van der Waals surface area contributed by atoms with Gasteiger partial charge in [0.25, 0.3) is 10.7 Å². The van der Waals surface area contributed by atoms with Crippen LogP contribution in [0.5, 0.6) is 0 Å². The molecule has 0 aliphatic rings. The Bertz CT molecular complexity index is 1330. The molecule has 1 aromatic carbocycles. The fourth-order valence-corrected chi connectivity index (χ4v) is 4.08. The highest BCUT2D eigenvalue weighted by Crippen LogP contribution is 2.34.